The van der Waals surface area contributed by atoms with Crippen molar-refractivity contribution in [1.82, 2.24) is 4.90 Å². The maximum atomic E-state index is 12.5. The van der Waals surface area contributed by atoms with E-state index in [2.05, 4.69) is 4.99 Å². The highest BCUT2D eigenvalue weighted by Crippen LogP contribution is 2.33. The van der Waals surface area contributed by atoms with E-state index in [4.69, 9.17) is 9.84 Å². The Kier molecular flexibility index (Phi) is 5.61. The zero-order valence-corrected chi connectivity index (χ0v) is 15.7. The maximum absolute atomic E-state index is 12.5. The number of carbonyl (C=O) groups excluding carboxylic acids is 1. The normalized spacial score (nSPS) is 17.0. The second-order valence-electron chi connectivity index (χ2n) is 5.73. The first-order valence-corrected chi connectivity index (χ1v) is 9.12. The molecule has 1 aliphatic rings. The lowest BCUT2D eigenvalue weighted by molar-refractivity contribution is -0.121. The van der Waals surface area contributed by atoms with Crippen LogP contribution >= 0.6 is 11.8 Å². The predicted octanol–water partition coefficient (Wildman–Crippen LogP) is 4.02. The van der Waals surface area contributed by atoms with Gasteiger partial charge in [-0.3, -0.25) is 9.69 Å². The van der Waals surface area contributed by atoms with Crippen LogP contribution in [0.2, 0.25) is 0 Å². The van der Waals surface area contributed by atoms with Crippen LogP contribution in [0.5, 0.6) is 5.75 Å². The number of benzene rings is 2. The van der Waals surface area contributed by atoms with Gasteiger partial charge in [0.15, 0.2) is 5.17 Å². The number of amidine groups is 1. The van der Waals surface area contributed by atoms with Crippen molar-refractivity contribution in [1.29, 1.82) is 0 Å². The van der Waals surface area contributed by atoms with E-state index < -0.39 is 5.97 Å². The van der Waals surface area contributed by atoms with Crippen molar-refractivity contribution >= 4 is 40.6 Å². The second-order valence-corrected chi connectivity index (χ2v) is 6.74. The zero-order valence-electron chi connectivity index (χ0n) is 14.9. The number of carboxylic acid groups (broad SMARTS) is 1. The highest BCUT2D eigenvalue weighted by molar-refractivity contribution is 8.18. The standard InChI is InChI=1S/C20H18N2O4S/c1-3-26-16-6-4-5-13(11-16)12-17-18(23)22(2)20(27-17)21-15-9-7-14(8-10-15)19(24)25/h4-12H,3H2,1-2H3,(H,24,25)/b17-12+,21-20?. The van der Waals surface area contributed by atoms with Crippen molar-refractivity contribution in [2.45, 2.75) is 6.92 Å². The number of carboxylic acids is 1. The molecular weight excluding hydrogens is 364 g/mol. The van der Waals surface area contributed by atoms with Crippen molar-refractivity contribution in [2.75, 3.05) is 13.7 Å². The van der Waals surface area contributed by atoms with Crippen LogP contribution in [0.25, 0.3) is 6.08 Å². The van der Waals surface area contributed by atoms with Crippen LogP contribution in [0, 0.1) is 0 Å². The summed E-state index contributed by atoms with van der Waals surface area (Å²) in [5.74, 6) is -0.373. The molecule has 138 valence electrons. The van der Waals surface area contributed by atoms with Gasteiger partial charge in [-0.15, -0.1) is 0 Å². The average Bonchev–Trinajstić information content (AvgIpc) is 2.91. The van der Waals surface area contributed by atoms with Crippen LogP contribution in [-0.4, -0.2) is 40.7 Å². The van der Waals surface area contributed by atoms with Gasteiger partial charge in [0.1, 0.15) is 5.75 Å². The molecule has 0 spiro atoms. The minimum atomic E-state index is -0.990. The molecule has 2 aromatic carbocycles. The minimum Gasteiger partial charge on any atom is -0.494 e. The van der Waals surface area contributed by atoms with Gasteiger partial charge in [0.25, 0.3) is 5.91 Å². The number of likely N-dealkylation sites (N-methyl/N-ethyl adjacent to an activating group) is 1. The Hall–Kier alpha value is -3.06. The first-order valence-electron chi connectivity index (χ1n) is 8.30. The van der Waals surface area contributed by atoms with E-state index in [1.165, 1.54) is 28.8 Å². The molecular formula is C20H18N2O4S. The summed E-state index contributed by atoms with van der Waals surface area (Å²) in [4.78, 5) is 29.9. The number of amides is 1. The smallest absolute Gasteiger partial charge is 0.335 e. The Morgan fingerprint density at radius 1 is 1.26 bits per heavy atom. The van der Waals surface area contributed by atoms with Crippen LogP contribution in [0.3, 0.4) is 0 Å². The molecule has 2 aromatic rings. The number of aromatic carboxylic acids is 1. The molecule has 0 aromatic heterocycles. The van der Waals surface area contributed by atoms with Crippen LogP contribution in [-0.2, 0) is 4.79 Å². The van der Waals surface area contributed by atoms with Gasteiger partial charge in [-0.05, 0) is 66.7 Å². The van der Waals surface area contributed by atoms with E-state index in [1.54, 1.807) is 19.2 Å². The van der Waals surface area contributed by atoms with Gasteiger partial charge in [-0.1, -0.05) is 12.1 Å². The summed E-state index contributed by atoms with van der Waals surface area (Å²) in [6.45, 7) is 2.50. The summed E-state index contributed by atoms with van der Waals surface area (Å²) in [5, 5.41) is 9.49. The number of hydrogen-bond acceptors (Lipinski definition) is 5. The molecule has 0 unspecified atom stereocenters. The first-order chi connectivity index (χ1) is 13.0. The van der Waals surface area contributed by atoms with Crippen LogP contribution < -0.4 is 4.74 Å². The molecule has 0 radical (unpaired) electrons. The second kappa shape index (κ2) is 8.09. The van der Waals surface area contributed by atoms with Crippen molar-refractivity contribution in [3.05, 3.63) is 64.6 Å². The van der Waals surface area contributed by atoms with E-state index in [9.17, 15) is 9.59 Å². The third-order valence-electron chi connectivity index (χ3n) is 3.81. The number of carbonyl (C=O) groups is 2. The molecule has 6 nitrogen and oxygen atoms in total. The lowest BCUT2D eigenvalue weighted by Crippen LogP contribution is -2.23. The predicted molar refractivity (Wildman–Crippen MR) is 106 cm³/mol. The van der Waals surface area contributed by atoms with Gasteiger partial charge >= 0.3 is 5.97 Å². The van der Waals surface area contributed by atoms with Gasteiger partial charge in [0, 0.05) is 7.05 Å². The summed E-state index contributed by atoms with van der Waals surface area (Å²) in [6.07, 6.45) is 1.81. The van der Waals surface area contributed by atoms with Gasteiger partial charge < -0.3 is 9.84 Å². The van der Waals surface area contributed by atoms with Crippen molar-refractivity contribution < 1.29 is 19.4 Å². The molecule has 1 saturated heterocycles. The topological polar surface area (TPSA) is 79.2 Å². The highest BCUT2D eigenvalue weighted by atomic mass is 32.2. The number of aliphatic imine (C=N–C) groups is 1. The Balaban J connectivity index is 1.83. The summed E-state index contributed by atoms with van der Waals surface area (Å²) in [5.41, 5.74) is 1.65. The lowest BCUT2D eigenvalue weighted by atomic mass is 10.2. The fourth-order valence-electron chi connectivity index (χ4n) is 2.45. The number of ether oxygens (including phenoxy) is 1. The maximum Gasteiger partial charge on any atom is 0.335 e. The lowest BCUT2D eigenvalue weighted by Gasteiger charge is -2.07. The quantitative estimate of drug-likeness (QED) is 0.790. The van der Waals surface area contributed by atoms with E-state index in [0.717, 1.165) is 11.3 Å². The van der Waals surface area contributed by atoms with E-state index in [0.29, 0.717) is 22.4 Å². The monoisotopic (exact) mass is 382 g/mol. The molecule has 1 heterocycles. The van der Waals surface area contributed by atoms with Crippen LogP contribution in [0.4, 0.5) is 5.69 Å². The molecule has 1 N–H and O–H groups in total. The van der Waals surface area contributed by atoms with E-state index in [-0.39, 0.29) is 11.5 Å². The van der Waals surface area contributed by atoms with Crippen molar-refractivity contribution in [2.24, 2.45) is 4.99 Å². The van der Waals surface area contributed by atoms with Crippen LogP contribution in [0.15, 0.2) is 58.4 Å². The number of thioether (sulfide) groups is 1. The van der Waals surface area contributed by atoms with Gasteiger partial charge in [-0.2, -0.15) is 0 Å². The first kappa shape index (κ1) is 18.7. The molecule has 0 aliphatic carbocycles. The van der Waals surface area contributed by atoms with Gasteiger partial charge in [0.2, 0.25) is 0 Å². The fraction of sp³-hybridized carbons (Fsp3) is 0.150. The number of nitrogens with zero attached hydrogens (tertiary/aromatic N) is 2. The molecule has 3 rings (SSSR count). The minimum absolute atomic E-state index is 0.136. The molecule has 0 saturated carbocycles. The summed E-state index contributed by atoms with van der Waals surface area (Å²) in [7, 11) is 1.66. The molecule has 27 heavy (non-hydrogen) atoms. The largest absolute Gasteiger partial charge is 0.494 e. The molecule has 1 amide bonds. The highest BCUT2D eigenvalue weighted by Gasteiger charge is 2.30. The summed E-state index contributed by atoms with van der Waals surface area (Å²) < 4.78 is 5.49. The van der Waals surface area contributed by atoms with Gasteiger partial charge in [0.05, 0.1) is 22.8 Å². The molecule has 0 atom stereocenters. The van der Waals surface area contributed by atoms with E-state index in [1.807, 2.05) is 37.3 Å². The molecule has 1 fully saturated rings. The SMILES string of the molecule is CCOc1cccc(/C=C2/SC(=Nc3ccc(C(=O)O)cc3)N(C)C2=O)c1. The third kappa shape index (κ3) is 4.38. The number of rotatable bonds is 5. The van der Waals surface area contributed by atoms with Crippen molar-refractivity contribution in [3.63, 3.8) is 0 Å². The van der Waals surface area contributed by atoms with Gasteiger partial charge in [-0.25, -0.2) is 9.79 Å². The van der Waals surface area contributed by atoms with Crippen LogP contribution in [0.1, 0.15) is 22.8 Å². The Morgan fingerprint density at radius 2 is 2.00 bits per heavy atom. The third-order valence-corrected chi connectivity index (χ3v) is 4.87. The summed E-state index contributed by atoms with van der Waals surface area (Å²) >= 11 is 1.28. The summed E-state index contributed by atoms with van der Waals surface area (Å²) in [6, 6.07) is 13.7. The molecule has 1 aliphatic heterocycles. The Morgan fingerprint density at radius 3 is 2.67 bits per heavy atom. The molecule has 7 heteroatoms. The average molecular weight is 382 g/mol. The van der Waals surface area contributed by atoms with Crippen molar-refractivity contribution in [3.8, 4) is 5.75 Å². The zero-order chi connectivity index (χ0) is 19.4. The fourth-order valence-corrected chi connectivity index (χ4v) is 3.44. The Bertz CT molecular complexity index is 935. The Labute approximate surface area is 161 Å². The van der Waals surface area contributed by atoms with E-state index >= 15 is 0 Å². The number of hydrogen-bond donors (Lipinski definition) is 1. The molecule has 0 bridgehead atoms.